The predicted octanol–water partition coefficient (Wildman–Crippen LogP) is 2.05. The van der Waals surface area contributed by atoms with Crippen molar-refractivity contribution in [2.75, 3.05) is 11.9 Å². The number of carbonyl (C=O) groups is 1. The molecule has 1 amide bonds. The van der Waals surface area contributed by atoms with Crippen LogP contribution in [0.5, 0.6) is 0 Å². The highest BCUT2D eigenvalue weighted by Gasteiger charge is 2.16. The summed E-state index contributed by atoms with van der Waals surface area (Å²) in [5, 5.41) is 23.9. The van der Waals surface area contributed by atoms with Gasteiger partial charge in [-0.05, 0) is 26.0 Å². The number of nitrogens with zero attached hydrogens (tertiary/aromatic N) is 1. The highest BCUT2D eigenvalue weighted by molar-refractivity contribution is 6.33. The number of nitriles is 1. The van der Waals surface area contributed by atoms with E-state index in [1.807, 2.05) is 0 Å². The second kappa shape index (κ2) is 6.94. The van der Waals surface area contributed by atoms with Crippen LogP contribution in [0.25, 0.3) is 0 Å². The fraction of sp³-hybridized carbons (Fsp3) is 0.286. The van der Waals surface area contributed by atoms with Gasteiger partial charge in [0, 0.05) is 6.20 Å². The number of hydrogen-bond donors (Lipinski definition) is 3. The highest BCUT2D eigenvalue weighted by Crippen LogP contribution is 2.20. The summed E-state index contributed by atoms with van der Waals surface area (Å²) in [4.78, 5) is 11.9. The third kappa shape index (κ3) is 4.57. The van der Waals surface area contributed by atoms with Gasteiger partial charge in [0.1, 0.15) is 11.6 Å². The van der Waals surface area contributed by atoms with Crippen molar-refractivity contribution in [1.29, 1.82) is 5.26 Å². The maximum atomic E-state index is 11.9. The minimum atomic E-state index is -0.618. The van der Waals surface area contributed by atoms with Crippen LogP contribution >= 0.6 is 11.6 Å². The SMILES string of the molecule is CC(C)(CO)N/C=C(/C#N)C(=O)Nc1ccccc1Cl. The summed E-state index contributed by atoms with van der Waals surface area (Å²) in [6, 6.07) is 8.55. The Bertz CT molecular complexity index is 562. The lowest BCUT2D eigenvalue weighted by molar-refractivity contribution is -0.112. The lowest BCUT2D eigenvalue weighted by Crippen LogP contribution is -2.39. The van der Waals surface area contributed by atoms with E-state index < -0.39 is 11.4 Å². The molecule has 1 rings (SSSR count). The van der Waals surface area contributed by atoms with Gasteiger partial charge in [-0.2, -0.15) is 5.26 Å². The first kappa shape index (κ1) is 16.0. The molecule has 0 aliphatic heterocycles. The quantitative estimate of drug-likeness (QED) is 0.573. The second-order valence-electron chi connectivity index (χ2n) is 4.79. The normalized spacial score (nSPS) is 11.7. The van der Waals surface area contributed by atoms with Gasteiger partial charge >= 0.3 is 0 Å². The molecule has 0 heterocycles. The minimum absolute atomic E-state index is 0.105. The van der Waals surface area contributed by atoms with Crippen molar-refractivity contribution in [3.63, 3.8) is 0 Å². The average molecular weight is 294 g/mol. The Morgan fingerprint density at radius 1 is 1.50 bits per heavy atom. The number of halogens is 1. The molecular weight excluding hydrogens is 278 g/mol. The molecule has 1 aromatic rings. The van der Waals surface area contributed by atoms with Gasteiger partial charge in [-0.25, -0.2) is 0 Å². The summed E-state index contributed by atoms with van der Waals surface area (Å²) in [5.74, 6) is -0.568. The smallest absolute Gasteiger partial charge is 0.267 e. The van der Waals surface area contributed by atoms with Crippen LogP contribution in [-0.4, -0.2) is 23.2 Å². The van der Waals surface area contributed by atoms with Crippen molar-refractivity contribution in [2.24, 2.45) is 0 Å². The van der Waals surface area contributed by atoms with Crippen LogP contribution in [0.15, 0.2) is 36.0 Å². The van der Waals surface area contributed by atoms with Gasteiger partial charge in [0.15, 0.2) is 0 Å². The molecule has 6 heteroatoms. The van der Waals surface area contributed by atoms with E-state index in [0.29, 0.717) is 10.7 Å². The molecule has 0 saturated heterocycles. The van der Waals surface area contributed by atoms with Crippen LogP contribution < -0.4 is 10.6 Å². The number of amides is 1. The maximum Gasteiger partial charge on any atom is 0.267 e. The molecule has 3 N–H and O–H groups in total. The highest BCUT2D eigenvalue weighted by atomic mass is 35.5. The van der Waals surface area contributed by atoms with E-state index in [1.165, 1.54) is 6.20 Å². The molecule has 106 valence electrons. The number of rotatable bonds is 5. The molecule has 1 aromatic carbocycles. The largest absolute Gasteiger partial charge is 0.394 e. The van der Waals surface area contributed by atoms with E-state index >= 15 is 0 Å². The molecule has 20 heavy (non-hydrogen) atoms. The number of para-hydroxylation sites is 1. The molecule has 5 nitrogen and oxygen atoms in total. The number of aliphatic hydroxyl groups is 1. The van der Waals surface area contributed by atoms with Crippen LogP contribution in [0.2, 0.25) is 5.02 Å². The number of hydrogen-bond acceptors (Lipinski definition) is 4. The van der Waals surface area contributed by atoms with Crippen molar-refractivity contribution in [2.45, 2.75) is 19.4 Å². The maximum absolute atomic E-state index is 11.9. The number of nitrogens with one attached hydrogen (secondary N) is 2. The van der Waals surface area contributed by atoms with Gasteiger partial charge in [-0.15, -0.1) is 0 Å². The van der Waals surface area contributed by atoms with Crippen LogP contribution in [0.3, 0.4) is 0 Å². The summed E-state index contributed by atoms with van der Waals surface area (Å²) in [5.41, 5.74) is -0.291. The van der Waals surface area contributed by atoms with Crippen molar-refractivity contribution < 1.29 is 9.90 Å². The average Bonchev–Trinajstić information content (AvgIpc) is 2.42. The van der Waals surface area contributed by atoms with Crippen LogP contribution in [0.4, 0.5) is 5.69 Å². The third-order valence-electron chi connectivity index (χ3n) is 2.49. The van der Waals surface area contributed by atoms with Crippen molar-refractivity contribution >= 4 is 23.2 Å². The number of benzene rings is 1. The van der Waals surface area contributed by atoms with E-state index in [1.54, 1.807) is 44.2 Å². The molecule has 0 aliphatic carbocycles. The zero-order valence-corrected chi connectivity index (χ0v) is 12.0. The number of anilines is 1. The Morgan fingerprint density at radius 2 is 2.15 bits per heavy atom. The van der Waals surface area contributed by atoms with Gasteiger partial charge in [-0.3, -0.25) is 4.79 Å². The molecule has 0 radical (unpaired) electrons. The Labute approximate surface area is 122 Å². The molecule has 0 spiro atoms. The summed E-state index contributed by atoms with van der Waals surface area (Å²) >= 11 is 5.92. The Kier molecular flexibility index (Phi) is 5.56. The minimum Gasteiger partial charge on any atom is -0.394 e. The van der Waals surface area contributed by atoms with Gasteiger partial charge in [-0.1, -0.05) is 23.7 Å². The molecule has 0 aliphatic rings. The van der Waals surface area contributed by atoms with E-state index in [0.717, 1.165) is 0 Å². The fourth-order valence-corrected chi connectivity index (χ4v) is 1.40. The van der Waals surface area contributed by atoms with Crippen molar-refractivity contribution in [3.8, 4) is 6.07 Å². The number of carbonyl (C=O) groups excluding carboxylic acids is 1. The molecule has 0 unspecified atom stereocenters. The van der Waals surface area contributed by atoms with Gasteiger partial charge in [0.05, 0.1) is 22.9 Å². The molecule has 0 atom stereocenters. The Hall–Kier alpha value is -2.03. The van der Waals surface area contributed by atoms with E-state index in [-0.39, 0.29) is 12.2 Å². The van der Waals surface area contributed by atoms with E-state index in [9.17, 15) is 4.79 Å². The third-order valence-corrected chi connectivity index (χ3v) is 2.82. The lowest BCUT2D eigenvalue weighted by Gasteiger charge is -2.22. The van der Waals surface area contributed by atoms with Gasteiger partial charge in [0.25, 0.3) is 5.91 Å². The van der Waals surface area contributed by atoms with Crippen LogP contribution in [0.1, 0.15) is 13.8 Å². The summed E-state index contributed by atoms with van der Waals surface area (Å²) in [6.45, 7) is 3.35. The zero-order valence-electron chi connectivity index (χ0n) is 11.3. The molecule has 0 bridgehead atoms. The predicted molar refractivity (Wildman–Crippen MR) is 78.1 cm³/mol. The standard InChI is InChI=1S/C14H16ClN3O2/c1-14(2,9-19)17-8-10(7-16)13(20)18-12-6-4-3-5-11(12)15/h3-6,8,17,19H,9H2,1-2H3,(H,18,20)/b10-8-. The van der Waals surface area contributed by atoms with Gasteiger partial charge in [0.2, 0.25) is 0 Å². The Morgan fingerprint density at radius 3 is 2.70 bits per heavy atom. The summed E-state index contributed by atoms with van der Waals surface area (Å²) in [7, 11) is 0. The molecule has 0 fully saturated rings. The second-order valence-corrected chi connectivity index (χ2v) is 5.20. The number of aliphatic hydroxyl groups excluding tert-OH is 1. The first-order valence-electron chi connectivity index (χ1n) is 5.94. The summed E-state index contributed by atoms with van der Waals surface area (Å²) in [6.07, 6.45) is 1.28. The Balaban J connectivity index is 2.81. The zero-order chi connectivity index (χ0) is 15.2. The summed E-state index contributed by atoms with van der Waals surface area (Å²) < 4.78 is 0. The van der Waals surface area contributed by atoms with Crippen molar-refractivity contribution in [3.05, 3.63) is 41.1 Å². The molecular formula is C14H16ClN3O2. The van der Waals surface area contributed by atoms with E-state index in [4.69, 9.17) is 22.0 Å². The monoisotopic (exact) mass is 293 g/mol. The van der Waals surface area contributed by atoms with Crippen LogP contribution in [-0.2, 0) is 4.79 Å². The topological polar surface area (TPSA) is 85.2 Å². The molecule has 0 saturated carbocycles. The first-order valence-corrected chi connectivity index (χ1v) is 6.32. The van der Waals surface area contributed by atoms with Crippen LogP contribution in [0, 0.1) is 11.3 Å². The van der Waals surface area contributed by atoms with Crippen molar-refractivity contribution in [1.82, 2.24) is 5.32 Å². The lowest BCUT2D eigenvalue weighted by atomic mass is 10.1. The fourth-order valence-electron chi connectivity index (χ4n) is 1.21. The van der Waals surface area contributed by atoms with E-state index in [2.05, 4.69) is 10.6 Å². The molecule has 0 aromatic heterocycles. The first-order chi connectivity index (χ1) is 9.39. The van der Waals surface area contributed by atoms with Gasteiger partial charge < -0.3 is 15.7 Å².